The van der Waals surface area contributed by atoms with Gasteiger partial charge in [-0.3, -0.25) is 14.5 Å². The van der Waals surface area contributed by atoms with Crippen molar-refractivity contribution in [2.75, 3.05) is 12.0 Å². The number of hydrogen-bond acceptors (Lipinski definition) is 4. The van der Waals surface area contributed by atoms with Gasteiger partial charge in [-0.15, -0.1) is 0 Å². The average molecular weight is 411 g/mol. The summed E-state index contributed by atoms with van der Waals surface area (Å²) in [6.45, 7) is 0. The summed E-state index contributed by atoms with van der Waals surface area (Å²) in [5, 5.41) is 10.7. The molecule has 1 atom stereocenters. The number of allylic oxidation sites excluding steroid dienone is 1. The smallest absolute Gasteiger partial charge is 0.294 e. The van der Waals surface area contributed by atoms with E-state index in [0.717, 1.165) is 5.56 Å². The second-order valence-electron chi connectivity index (χ2n) is 7.06. The molecule has 154 valence electrons. The van der Waals surface area contributed by atoms with Crippen LogP contribution in [0, 0.1) is 0 Å². The van der Waals surface area contributed by atoms with Crippen molar-refractivity contribution in [2.24, 2.45) is 0 Å². The molecule has 31 heavy (non-hydrogen) atoms. The van der Waals surface area contributed by atoms with Gasteiger partial charge in [-0.05, 0) is 41.5 Å². The van der Waals surface area contributed by atoms with Gasteiger partial charge in [0.25, 0.3) is 5.91 Å². The van der Waals surface area contributed by atoms with Gasteiger partial charge < -0.3 is 9.84 Å². The minimum absolute atomic E-state index is 0.0474. The van der Waals surface area contributed by atoms with Crippen molar-refractivity contribution in [1.82, 2.24) is 0 Å². The lowest BCUT2D eigenvalue weighted by Gasteiger charge is -2.26. The van der Waals surface area contributed by atoms with E-state index >= 15 is 0 Å². The largest absolute Gasteiger partial charge is 0.503 e. The van der Waals surface area contributed by atoms with Crippen molar-refractivity contribution in [3.8, 4) is 5.75 Å². The van der Waals surface area contributed by atoms with Crippen LogP contribution in [0.2, 0.25) is 0 Å². The van der Waals surface area contributed by atoms with Gasteiger partial charge in [0.05, 0.1) is 18.7 Å². The molecule has 5 heteroatoms. The van der Waals surface area contributed by atoms with Crippen LogP contribution in [-0.2, 0) is 9.59 Å². The zero-order valence-electron chi connectivity index (χ0n) is 16.9. The lowest BCUT2D eigenvalue weighted by Crippen LogP contribution is -2.30. The van der Waals surface area contributed by atoms with Crippen molar-refractivity contribution in [1.29, 1.82) is 0 Å². The van der Waals surface area contributed by atoms with Gasteiger partial charge in [-0.2, -0.15) is 0 Å². The van der Waals surface area contributed by atoms with Crippen molar-refractivity contribution in [3.05, 3.63) is 113 Å². The Hall–Kier alpha value is -4.12. The fraction of sp³-hybridized carbons (Fsp3) is 0.0769. The first-order valence-corrected chi connectivity index (χ1v) is 9.83. The molecule has 3 aromatic carbocycles. The highest BCUT2D eigenvalue weighted by Gasteiger charge is 2.43. The summed E-state index contributed by atoms with van der Waals surface area (Å²) in [6.07, 6.45) is 3.06. The van der Waals surface area contributed by atoms with E-state index in [-0.39, 0.29) is 5.57 Å². The zero-order valence-corrected chi connectivity index (χ0v) is 16.9. The molecule has 0 bridgehead atoms. The molecule has 0 aliphatic carbocycles. The Morgan fingerprint density at radius 3 is 2.16 bits per heavy atom. The second-order valence-corrected chi connectivity index (χ2v) is 7.06. The van der Waals surface area contributed by atoms with Gasteiger partial charge in [0, 0.05) is 5.69 Å². The number of anilines is 1. The first kappa shape index (κ1) is 20.2. The van der Waals surface area contributed by atoms with Crippen LogP contribution in [0.4, 0.5) is 5.69 Å². The first-order chi connectivity index (χ1) is 15.1. The number of ether oxygens (including phenoxy) is 1. The van der Waals surface area contributed by atoms with Gasteiger partial charge >= 0.3 is 0 Å². The Kier molecular flexibility index (Phi) is 5.67. The van der Waals surface area contributed by atoms with Gasteiger partial charge in [-0.1, -0.05) is 66.7 Å². The molecule has 0 fully saturated rings. The van der Waals surface area contributed by atoms with Crippen LogP contribution < -0.4 is 9.64 Å². The van der Waals surface area contributed by atoms with Gasteiger partial charge in [0.1, 0.15) is 5.75 Å². The van der Waals surface area contributed by atoms with Crippen LogP contribution in [0.25, 0.3) is 6.08 Å². The molecule has 0 unspecified atom stereocenters. The zero-order chi connectivity index (χ0) is 21.8. The molecule has 0 saturated carbocycles. The second kappa shape index (κ2) is 8.71. The molecule has 1 N–H and O–H groups in total. The predicted molar refractivity (Wildman–Crippen MR) is 120 cm³/mol. The number of hydrogen-bond donors (Lipinski definition) is 1. The SMILES string of the molecule is COc1ccc([C@@H]2C(C(=O)/C=C\c3ccccc3)=C(O)C(=O)N2c2ccccc2)cc1. The highest BCUT2D eigenvalue weighted by Crippen LogP contribution is 2.41. The highest BCUT2D eigenvalue weighted by atomic mass is 16.5. The third-order valence-corrected chi connectivity index (χ3v) is 5.17. The third-order valence-electron chi connectivity index (χ3n) is 5.17. The van der Waals surface area contributed by atoms with Crippen molar-refractivity contribution in [3.63, 3.8) is 0 Å². The van der Waals surface area contributed by atoms with Crippen LogP contribution in [0.5, 0.6) is 5.75 Å². The highest BCUT2D eigenvalue weighted by molar-refractivity contribution is 6.19. The van der Waals surface area contributed by atoms with Crippen LogP contribution >= 0.6 is 0 Å². The van der Waals surface area contributed by atoms with Gasteiger partial charge in [0.15, 0.2) is 11.5 Å². The lowest BCUT2D eigenvalue weighted by atomic mass is 9.95. The Labute approximate surface area is 180 Å². The molecule has 0 saturated heterocycles. The van der Waals surface area contributed by atoms with Gasteiger partial charge in [-0.25, -0.2) is 0 Å². The minimum Gasteiger partial charge on any atom is -0.503 e. The van der Waals surface area contributed by atoms with Crippen LogP contribution in [-0.4, -0.2) is 23.9 Å². The molecule has 0 radical (unpaired) electrons. The molecule has 0 aromatic heterocycles. The number of carbonyl (C=O) groups excluding carboxylic acids is 2. The molecule has 3 aromatic rings. The van der Waals surface area contributed by atoms with Crippen molar-refractivity contribution < 1.29 is 19.4 Å². The fourth-order valence-corrected chi connectivity index (χ4v) is 3.64. The summed E-state index contributed by atoms with van der Waals surface area (Å²) >= 11 is 0. The minimum atomic E-state index is -0.756. The number of carbonyl (C=O) groups is 2. The molecule has 1 heterocycles. The summed E-state index contributed by atoms with van der Waals surface area (Å²) in [6, 6.07) is 24.7. The number of ketones is 1. The monoisotopic (exact) mass is 411 g/mol. The van der Waals surface area contributed by atoms with E-state index in [0.29, 0.717) is 17.0 Å². The van der Waals surface area contributed by atoms with E-state index in [1.54, 1.807) is 61.7 Å². The maximum atomic E-state index is 13.2. The van der Waals surface area contributed by atoms with Crippen molar-refractivity contribution in [2.45, 2.75) is 6.04 Å². The Balaban J connectivity index is 1.77. The molecule has 4 rings (SSSR count). The molecule has 1 aliphatic heterocycles. The number of aliphatic hydroxyl groups excluding tert-OH is 1. The van der Waals surface area contributed by atoms with E-state index in [2.05, 4.69) is 0 Å². The standard InChI is InChI=1S/C26H21NO4/c1-31-21-15-13-19(14-16-21)24-23(22(28)17-12-18-8-4-2-5-9-18)25(29)26(30)27(24)20-10-6-3-7-11-20/h2-17,24,29H,1H3/b17-12-/t24-/m1/s1. The van der Waals surface area contributed by atoms with E-state index in [1.165, 1.54) is 11.0 Å². The molecular formula is C26H21NO4. The molecule has 1 aliphatic rings. The Morgan fingerprint density at radius 2 is 1.55 bits per heavy atom. The van der Waals surface area contributed by atoms with E-state index in [9.17, 15) is 14.7 Å². The van der Waals surface area contributed by atoms with Crippen LogP contribution in [0.1, 0.15) is 17.2 Å². The first-order valence-electron chi connectivity index (χ1n) is 9.83. The van der Waals surface area contributed by atoms with Gasteiger partial charge in [0.2, 0.25) is 0 Å². The number of nitrogens with zero attached hydrogens (tertiary/aromatic N) is 1. The number of para-hydroxylation sites is 1. The predicted octanol–water partition coefficient (Wildman–Crippen LogP) is 4.88. The average Bonchev–Trinajstić information content (AvgIpc) is 3.09. The fourth-order valence-electron chi connectivity index (χ4n) is 3.64. The van der Waals surface area contributed by atoms with Crippen LogP contribution in [0.3, 0.4) is 0 Å². The number of aliphatic hydroxyl groups is 1. The van der Waals surface area contributed by atoms with Crippen LogP contribution in [0.15, 0.2) is 102 Å². The molecule has 5 nitrogen and oxygen atoms in total. The maximum absolute atomic E-state index is 13.2. The number of rotatable bonds is 6. The molecule has 1 amide bonds. The van der Waals surface area contributed by atoms with Crippen molar-refractivity contribution >= 4 is 23.5 Å². The summed E-state index contributed by atoms with van der Waals surface area (Å²) in [4.78, 5) is 27.6. The third kappa shape index (κ3) is 3.98. The van der Waals surface area contributed by atoms with E-state index in [1.807, 2.05) is 36.4 Å². The summed E-state index contributed by atoms with van der Waals surface area (Å²) in [5.41, 5.74) is 2.18. The quantitative estimate of drug-likeness (QED) is 0.587. The lowest BCUT2D eigenvalue weighted by molar-refractivity contribution is -0.117. The summed E-state index contributed by atoms with van der Waals surface area (Å²) < 4.78 is 5.23. The molecule has 0 spiro atoms. The number of methoxy groups -OCH3 is 1. The summed E-state index contributed by atoms with van der Waals surface area (Å²) in [7, 11) is 1.57. The summed E-state index contributed by atoms with van der Waals surface area (Å²) in [5.74, 6) is -0.908. The van der Waals surface area contributed by atoms with E-state index in [4.69, 9.17) is 4.74 Å². The number of benzene rings is 3. The maximum Gasteiger partial charge on any atom is 0.294 e. The normalized spacial score (nSPS) is 16.2. The topological polar surface area (TPSA) is 66.8 Å². The number of amides is 1. The Morgan fingerprint density at radius 1 is 0.935 bits per heavy atom. The molecular weight excluding hydrogens is 390 g/mol. The van der Waals surface area contributed by atoms with E-state index < -0.39 is 23.5 Å². The Bertz CT molecular complexity index is 1150.